The Morgan fingerprint density at radius 1 is 1.41 bits per heavy atom. The summed E-state index contributed by atoms with van der Waals surface area (Å²) in [5.41, 5.74) is 0.925. The highest BCUT2D eigenvalue weighted by Gasteiger charge is 2.26. The second kappa shape index (κ2) is 7.35. The van der Waals surface area contributed by atoms with Crippen molar-refractivity contribution >= 4 is 6.03 Å². The Balaban J connectivity index is 1.93. The molecule has 0 saturated carbocycles. The molecule has 6 heteroatoms. The molecule has 0 spiro atoms. The average Bonchev–Trinajstić information content (AvgIpc) is 2.98. The van der Waals surface area contributed by atoms with Crippen LogP contribution in [0.3, 0.4) is 0 Å². The van der Waals surface area contributed by atoms with Crippen LogP contribution in [0.1, 0.15) is 12.0 Å². The van der Waals surface area contributed by atoms with Gasteiger partial charge in [-0.25, -0.2) is 4.79 Å². The number of amides is 2. The van der Waals surface area contributed by atoms with Gasteiger partial charge in [0.1, 0.15) is 11.5 Å². The normalized spacial score (nSPS) is 18.1. The maximum Gasteiger partial charge on any atom is 0.317 e. The Hall–Kier alpha value is -1.95. The van der Waals surface area contributed by atoms with Crippen molar-refractivity contribution in [2.75, 3.05) is 41.4 Å². The van der Waals surface area contributed by atoms with Crippen molar-refractivity contribution in [2.24, 2.45) is 0 Å². The Morgan fingerprint density at radius 2 is 2.18 bits per heavy atom. The van der Waals surface area contributed by atoms with E-state index in [4.69, 9.17) is 9.47 Å². The molecular weight excluding hydrogens is 282 g/mol. The van der Waals surface area contributed by atoms with Crippen molar-refractivity contribution in [1.29, 1.82) is 0 Å². The molecule has 1 aromatic carbocycles. The lowest BCUT2D eigenvalue weighted by Crippen LogP contribution is -2.44. The van der Waals surface area contributed by atoms with Crippen LogP contribution in [0.5, 0.6) is 11.5 Å². The van der Waals surface area contributed by atoms with Gasteiger partial charge in [-0.15, -0.1) is 0 Å². The highest BCUT2D eigenvalue weighted by Crippen LogP contribution is 2.24. The maximum absolute atomic E-state index is 12.3. The van der Waals surface area contributed by atoms with Crippen molar-refractivity contribution in [1.82, 2.24) is 15.1 Å². The number of nitrogens with one attached hydrogen (secondary N) is 1. The summed E-state index contributed by atoms with van der Waals surface area (Å²) >= 11 is 0. The molecule has 1 aliphatic heterocycles. The van der Waals surface area contributed by atoms with Gasteiger partial charge >= 0.3 is 6.03 Å². The smallest absolute Gasteiger partial charge is 0.317 e. The number of likely N-dealkylation sites (N-methyl/N-ethyl adjacent to an activating group) is 2. The number of nitrogens with zero attached hydrogens (tertiary/aromatic N) is 2. The van der Waals surface area contributed by atoms with E-state index in [2.05, 4.69) is 17.3 Å². The molecule has 1 aromatic rings. The number of carbonyl (C=O) groups excluding carboxylic acids is 1. The average molecular weight is 307 g/mol. The third-order valence-corrected chi connectivity index (χ3v) is 4.16. The number of benzene rings is 1. The number of hydrogen-bond donors (Lipinski definition) is 1. The topological polar surface area (TPSA) is 54.0 Å². The third-order valence-electron chi connectivity index (χ3n) is 4.16. The minimum absolute atomic E-state index is 0.0572. The van der Waals surface area contributed by atoms with Gasteiger partial charge in [-0.05, 0) is 32.1 Å². The Labute approximate surface area is 132 Å². The number of likely N-dealkylation sites (tertiary alicyclic amines) is 1. The molecule has 2 amide bonds. The predicted octanol–water partition coefficient (Wildman–Crippen LogP) is 1.55. The first kappa shape index (κ1) is 16.4. The first-order valence-corrected chi connectivity index (χ1v) is 7.45. The molecule has 0 unspecified atom stereocenters. The van der Waals surface area contributed by atoms with Crippen LogP contribution in [0.25, 0.3) is 0 Å². The number of rotatable bonds is 5. The first-order chi connectivity index (χ1) is 10.5. The van der Waals surface area contributed by atoms with E-state index in [0.29, 0.717) is 12.3 Å². The summed E-state index contributed by atoms with van der Waals surface area (Å²) in [5.74, 6) is 1.45. The fourth-order valence-corrected chi connectivity index (χ4v) is 2.69. The number of carbonyl (C=O) groups is 1. The van der Waals surface area contributed by atoms with Gasteiger partial charge in [0.25, 0.3) is 0 Å². The monoisotopic (exact) mass is 307 g/mol. The van der Waals surface area contributed by atoms with Crippen molar-refractivity contribution < 1.29 is 14.3 Å². The lowest BCUT2D eigenvalue weighted by atomic mass is 10.2. The van der Waals surface area contributed by atoms with Crippen LogP contribution in [0.15, 0.2) is 18.2 Å². The first-order valence-electron chi connectivity index (χ1n) is 7.45. The minimum Gasteiger partial charge on any atom is -0.497 e. The SMILES string of the molecule is COc1ccc(CNC(=O)N(C)[C@H]2CCN(C)C2)c(OC)c1. The van der Waals surface area contributed by atoms with Crippen molar-refractivity contribution in [3.8, 4) is 11.5 Å². The van der Waals surface area contributed by atoms with E-state index in [1.807, 2.05) is 25.2 Å². The molecule has 0 bridgehead atoms. The standard InChI is InChI=1S/C16H25N3O3/c1-18-8-7-13(11-18)19(2)16(20)17-10-12-5-6-14(21-3)9-15(12)22-4/h5-6,9,13H,7-8,10-11H2,1-4H3,(H,17,20)/t13-/m0/s1. The fraction of sp³-hybridized carbons (Fsp3) is 0.562. The zero-order valence-corrected chi connectivity index (χ0v) is 13.8. The lowest BCUT2D eigenvalue weighted by molar-refractivity contribution is 0.190. The van der Waals surface area contributed by atoms with Crippen LogP contribution < -0.4 is 14.8 Å². The second-order valence-electron chi connectivity index (χ2n) is 5.65. The van der Waals surface area contributed by atoms with Crippen LogP contribution in [-0.4, -0.2) is 63.3 Å². The number of methoxy groups -OCH3 is 2. The van der Waals surface area contributed by atoms with Crippen LogP contribution >= 0.6 is 0 Å². The molecule has 22 heavy (non-hydrogen) atoms. The van der Waals surface area contributed by atoms with Crippen LogP contribution in [0, 0.1) is 0 Å². The summed E-state index contributed by atoms with van der Waals surface area (Å²) in [6.45, 7) is 2.39. The van der Waals surface area contributed by atoms with Gasteiger partial charge in [0, 0.05) is 37.8 Å². The summed E-state index contributed by atoms with van der Waals surface area (Å²) in [6, 6.07) is 5.80. The van der Waals surface area contributed by atoms with Crippen molar-refractivity contribution in [3.63, 3.8) is 0 Å². The molecule has 1 N–H and O–H groups in total. The summed E-state index contributed by atoms with van der Waals surface area (Å²) in [4.78, 5) is 16.3. The number of hydrogen-bond acceptors (Lipinski definition) is 4. The number of ether oxygens (including phenoxy) is 2. The number of urea groups is 1. The highest BCUT2D eigenvalue weighted by atomic mass is 16.5. The molecular formula is C16H25N3O3. The van der Waals surface area contributed by atoms with Crippen LogP contribution in [-0.2, 0) is 6.54 Å². The quantitative estimate of drug-likeness (QED) is 0.897. The molecule has 0 aliphatic carbocycles. The van der Waals surface area contributed by atoms with Crippen molar-refractivity contribution in [2.45, 2.75) is 19.0 Å². The molecule has 0 radical (unpaired) electrons. The highest BCUT2D eigenvalue weighted by molar-refractivity contribution is 5.74. The van der Waals surface area contributed by atoms with Crippen molar-refractivity contribution in [3.05, 3.63) is 23.8 Å². The molecule has 6 nitrogen and oxygen atoms in total. The molecule has 1 saturated heterocycles. The zero-order chi connectivity index (χ0) is 16.1. The third kappa shape index (κ3) is 3.82. The second-order valence-corrected chi connectivity index (χ2v) is 5.65. The van der Waals surface area contributed by atoms with E-state index in [1.165, 1.54) is 0 Å². The maximum atomic E-state index is 12.3. The van der Waals surface area contributed by atoms with Gasteiger partial charge < -0.3 is 24.6 Å². The minimum atomic E-state index is -0.0572. The lowest BCUT2D eigenvalue weighted by Gasteiger charge is -2.25. The molecule has 0 aromatic heterocycles. The van der Waals surface area contributed by atoms with E-state index in [1.54, 1.807) is 19.1 Å². The molecule has 1 aliphatic rings. The van der Waals surface area contributed by atoms with E-state index >= 15 is 0 Å². The molecule has 2 rings (SSSR count). The zero-order valence-electron chi connectivity index (χ0n) is 13.8. The van der Waals surface area contributed by atoms with Gasteiger partial charge in [0.2, 0.25) is 0 Å². The fourth-order valence-electron chi connectivity index (χ4n) is 2.69. The van der Waals surface area contributed by atoms with E-state index in [0.717, 1.165) is 30.8 Å². The summed E-state index contributed by atoms with van der Waals surface area (Å²) in [5, 5.41) is 2.95. The molecule has 1 heterocycles. The predicted molar refractivity (Wildman–Crippen MR) is 85.4 cm³/mol. The molecule has 1 fully saturated rings. The Bertz CT molecular complexity index is 521. The van der Waals surface area contributed by atoms with E-state index < -0.39 is 0 Å². The van der Waals surface area contributed by atoms with E-state index in [-0.39, 0.29) is 12.1 Å². The van der Waals surface area contributed by atoms with Gasteiger partial charge in [0.15, 0.2) is 0 Å². The van der Waals surface area contributed by atoms with Crippen LogP contribution in [0.2, 0.25) is 0 Å². The van der Waals surface area contributed by atoms with Gasteiger partial charge in [-0.1, -0.05) is 0 Å². The van der Waals surface area contributed by atoms with Gasteiger partial charge in [0.05, 0.1) is 14.2 Å². The Kier molecular flexibility index (Phi) is 5.49. The van der Waals surface area contributed by atoms with Crippen LogP contribution in [0.4, 0.5) is 4.79 Å². The van der Waals surface area contributed by atoms with Gasteiger partial charge in [-0.3, -0.25) is 0 Å². The summed E-state index contributed by atoms with van der Waals surface area (Å²) < 4.78 is 10.5. The molecule has 122 valence electrons. The summed E-state index contributed by atoms with van der Waals surface area (Å²) in [7, 11) is 7.16. The molecule has 1 atom stereocenters. The van der Waals surface area contributed by atoms with E-state index in [9.17, 15) is 4.79 Å². The Morgan fingerprint density at radius 3 is 2.77 bits per heavy atom. The summed E-state index contributed by atoms with van der Waals surface area (Å²) in [6.07, 6.45) is 1.02. The van der Waals surface area contributed by atoms with Gasteiger partial charge in [-0.2, -0.15) is 0 Å². The largest absolute Gasteiger partial charge is 0.497 e.